The first-order valence-corrected chi connectivity index (χ1v) is 4.45. The zero-order chi connectivity index (χ0) is 11.6. The molecule has 0 heterocycles. The van der Waals surface area contributed by atoms with Gasteiger partial charge in [0.1, 0.15) is 5.75 Å². The Kier molecular flexibility index (Phi) is 3.39. The summed E-state index contributed by atoms with van der Waals surface area (Å²) in [7, 11) is 1.31. The lowest BCUT2D eigenvalue weighted by atomic mass is 10.0. The van der Waals surface area contributed by atoms with Crippen LogP contribution >= 0.6 is 0 Å². The quantitative estimate of drug-likeness (QED) is 0.722. The highest BCUT2D eigenvalue weighted by atomic mass is 19.3. The van der Waals surface area contributed by atoms with Crippen LogP contribution in [-0.4, -0.2) is 12.9 Å². The molecule has 0 amide bonds. The molecule has 15 heavy (non-hydrogen) atoms. The highest BCUT2D eigenvalue weighted by Gasteiger charge is 2.17. The monoisotopic (exact) mass is 214 g/mol. The van der Waals surface area contributed by atoms with E-state index in [2.05, 4.69) is 0 Å². The molecule has 0 aliphatic carbocycles. The van der Waals surface area contributed by atoms with Crippen LogP contribution in [0.3, 0.4) is 0 Å². The summed E-state index contributed by atoms with van der Waals surface area (Å²) in [6.45, 7) is 3.02. The smallest absolute Gasteiger partial charge is 0.267 e. The highest BCUT2D eigenvalue weighted by Crippen LogP contribution is 2.31. The van der Waals surface area contributed by atoms with E-state index in [1.165, 1.54) is 26.2 Å². The lowest BCUT2D eigenvalue weighted by molar-refractivity contribution is 0.101. The van der Waals surface area contributed by atoms with Gasteiger partial charge in [0.2, 0.25) is 0 Å². The zero-order valence-corrected chi connectivity index (χ0v) is 8.80. The van der Waals surface area contributed by atoms with Gasteiger partial charge in [-0.15, -0.1) is 0 Å². The average molecular weight is 214 g/mol. The first-order valence-electron chi connectivity index (χ1n) is 4.45. The molecule has 0 atom stereocenters. The van der Waals surface area contributed by atoms with Crippen molar-refractivity contribution in [1.82, 2.24) is 0 Å². The number of aryl methyl sites for hydroxylation is 1. The molecular formula is C11H12F2O2. The molecule has 0 saturated heterocycles. The first-order chi connectivity index (χ1) is 6.97. The molecule has 0 fully saturated rings. The molecule has 0 aliphatic heterocycles. The van der Waals surface area contributed by atoms with E-state index in [0.29, 0.717) is 11.1 Å². The summed E-state index contributed by atoms with van der Waals surface area (Å²) in [6, 6.07) is 2.65. The normalized spacial score (nSPS) is 10.5. The molecule has 0 saturated carbocycles. The van der Waals surface area contributed by atoms with Crippen LogP contribution in [0.1, 0.15) is 34.8 Å². The van der Waals surface area contributed by atoms with Crippen molar-refractivity contribution in [3.63, 3.8) is 0 Å². The molecule has 0 aliphatic rings. The largest absolute Gasteiger partial charge is 0.496 e. The number of benzene rings is 1. The van der Waals surface area contributed by atoms with Gasteiger partial charge in [-0.3, -0.25) is 4.79 Å². The topological polar surface area (TPSA) is 26.3 Å². The maximum Gasteiger partial charge on any atom is 0.267 e. The number of halogens is 2. The van der Waals surface area contributed by atoms with Crippen molar-refractivity contribution in [2.75, 3.05) is 7.11 Å². The van der Waals surface area contributed by atoms with Crippen molar-refractivity contribution in [2.24, 2.45) is 0 Å². The molecular weight excluding hydrogens is 202 g/mol. The van der Waals surface area contributed by atoms with E-state index in [9.17, 15) is 13.6 Å². The Morgan fingerprint density at radius 1 is 1.40 bits per heavy atom. The van der Waals surface area contributed by atoms with Gasteiger partial charge in [-0.05, 0) is 31.5 Å². The number of carbonyl (C=O) groups is 1. The molecule has 0 bridgehead atoms. The van der Waals surface area contributed by atoms with Gasteiger partial charge in [-0.25, -0.2) is 8.78 Å². The second-order valence-corrected chi connectivity index (χ2v) is 3.27. The van der Waals surface area contributed by atoms with Crippen molar-refractivity contribution < 1.29 is 18.3 Å². The summed E-state index contributed by atoms with van der Waals surface area (Å²) in [5.41, 5.74) is 0.773. The molecule has 1 rings (SSSR count). The van der Waals surface area contributed by atoms with Gasteiger partial charge >= 0.3 is 0 Å². The fourth-order valence-electron chi connectivity index (χ4n) is 1.44. The minimum atomic E-state index is -2.60. The number of hydrogen-bond donors (Lipinski definition) is 0. The SMILES string of the molecule is COc1cc(C(C)=O)c(C)cc1C(F)F. The zero-order valence-electron chi connectivity index (χ0n) is 8.80. The number of ketones is 1. The predicted molar refractivity (Wildman–Crippen MR) is 52.7 cm³/mol. The van der Waals surface area contributed by atoms with E-state index >= 15 is 0 Å². The fourth-order valence-corrected chi connectivity index (χ4v) is 1.44. The summed E-state index contributed by atoms with van der Waals surface area (Å²) in [5, 5.41) is 0. The van der Waals surface area contributed by atoms with Crippen molar-refractivity contribution in [3.05, 3.63) is 28.8 Å². The van der Waals surface area contributed by atoms with Gasteiger partial charge in [-0.2, -0.15) is 0 Å². The molecule has 0 aromatic heterocycles. The summed E-state index contributed by atoms with van der Waals surface area (Å²) < 4.78 is 29.9. The highest BCUT2D eigenvalue weighted by molar-refractivity contribution is 5.96. The molecule has 1 aromatic carbocycles. The van der Waals surface area contributed by atoms with E-state index < -0.39 is 6.43 Å². The molecule has 0 spiro atoms. The van der Waals surface area contributed by atoms with Crippen LogP contribution in [0.4, 0.5) is 8.78 Å². The van der Waals surface area contributed by atoms with Crippen LogP contribution in [-0.2, 0) is 0 Å². The van der Waals surface area contributed by atoms with Gasteiger partial charge < -0.3 is 4.74 Å². The summed E-state index contributed by atoms with van der Waals surface area (Å²) in [4.78, 5) is 11.2. The Hall–Kier alpha value is -1.45. The third-order valence-corrected chi connectivity index (χ3v) is 2.19. The van der Waals surface area contributed by atoms with Crippen LogP contribution < -0.4 is 4.74 Å². The first kappa shape index (κ1) is 11.6. The van der Waals surface area contributed by atoms with E-state index in [0.717, 1.165) is 0 Å². The van der Waals surface area contributed by atoms with Gasteiger partial charge in [0.05, 0.1) is 12.7 Å². The van der Waals surface area contributed by atoms with E-state index in [-0.39, 0.29) is 17.1 Å². The summed E-state index contributed by atoms with van der Waals surface area (Å²) in [5.74, 6) is -0.104. The van der Waals surface area contributed by atoms with Crippen molar-refractivity contribution in [1.29, 1.82) is 0 Å². The molecule has 1 aromatic rings. The molecule has 0 N–H and O–H groups in total. The Morgan fingerprint density at radius 2 is 2.00 bits per heavy atom. The summed E-state index contributed by atoms with van der Waals surface area (Å²) in [6.07, 6.45) is -2.60. The van der Waals surface area contributed by atoms with Crippen LogP contribution in [0.25, 0.3) is 0 Å². The van der Waals surface area contributed by atoms with Gasteiger partial charge in [0.15, 0.2) is 5.78 Å². The Balaban J connectivity index is 3.35. The second kappa shape index (κ2) is 4.38. The van der Waals surface area contributed by atoms with Crippen LogP contribution in [0, 0.1) is 6.92 Å². The van der Waals surface area contributed by atoms with E-state index in [1.807, 2.05) is 0 Å². The number of Topliss-reactive ketones (excluding diaryl/α,β-unsaturated/α-hetero) is 1. The third kappa shape index (κ3) is 2.32. The Morgan fingerprint density at radius 3 is 2.40 bits per heavy atom. The van der Waals surface area contributed by atoms with Crippen molar-refractivity contribution in [3.8, 4) is 5.75 Å². The lowest BCUT2D eigenvalue weighted by Crippen LogP contribution is -2.01. The molecule has 0 unspecified atom stereocenters. The Bertz CT molecular complexity index is 386. The number of carbonyl (C=O) groups excluding carboxylic acids is 1. The number of rotatable bonds is 3. The van der Waals surface area contributed by atoms with Crippen LogP contribution in [0.2, 0.25) is 0 Å². The number of alkyl halides is 2. The maximum atomic E-state index is 12.6. The van der Waals surface area contributed by atoms with Crippen molar-refractivity contribution in [2.45, 2.75) is 20.3 Å². The molecule has 82 valence electrons. The van der Waals surface area contributed by atoms with E-state index in [4.69, 9.17) is 4.74 Å². The van der Waals surface area contributed by atoms with Gasteiger partial charge in [-0.1, -0.05) is 0 Å². The van der Waals surface area contributed by atoms with Crippen LogP contribution in [0.15, 0.2) is 12.1 Å². The molecule has 4 heteroatoms. The maximum absolute atomic E-state index is 12.6. The standard InChI is InChI=1S/C11H12F2O2/c1-6-4-9(11(12)13)10(15-3)5-8(6)7(2)14/h4-5,11H,1-3H3. The number of methoxy groups -OCH3 is 1. The molecule has 0 radical (unpaired) electrons. The van der Waals surface area contributed by atoms with Gasteiger partial charge in [0, 0.05) is 5.56 Å². The number of hydrogen-bond acceptors (Lipinski definition) is 2. The summed E-state index contributed by atoms with van der Waals surface area (Å²) >= 11 is 0. The fraction of sp³-hybridized carbons (Fsp3) is 0.364. The third-order valence-electron chi connectivity index (χ3n) is 2.19. The van der Waals surface area contributed by atoms with Gasteiger partial charge in [0.25, 0.3) is 6.43 Å². The van der Waals surface area contributed by atoms with Crippen LogP contribution in [0.5, 0.6) is 5.75 Å². The Labute approximate surface area is 86.9 Å². The lowest BCUT2D eigenvalue weighted by Gasteiger charge is -2.11. The van der Waals surface area contributed by atoms with E-state index in [1.54, 1.807) is 6.92 Å². The van der Waals surface area contributed by atoms with Crippen molar-refractivity contribution >= 4 is 5.78 Å². The molecule has 2 nitrogen and oxygen atoms in total. The second-order valence-electron chi connectivity index (χ2n) is 3.27. The predicted octanol–water partition coefficient (Wildman–Crippen LogP) is 3.14. The minimum absolute atomic E-state index is 0.0563. The minimum Gasteiger partial charge on any atom is -0.496 e. The number of ether oxygens (including phenoxy) is 1. The average Bonchev–Trinajstić information content (AvgIpc) is 2.16.